The van der Waals surface area contributed by atoms with Crippen LogP contribution in [0.1, 0.15) is 17.4 Å². The van der Waals surface area contributed by atoms with Gasteiger partial charge in [-0.25, -0.2) is 0 Å². The van der Waals surface area contributed by atoms with Crippen molar-refractivity contribution in [3.8, 4) is 0 Å². The predicted octanol–water partition coefficient (Wildman–Crippen LogP) is 1.90. The molecule has 0 spiro atoms. The zero-order valence-electron chi connectivity index (χ0n) is 14.6. The van der Waals surface area contributed by atoms with Crippen molar-refractivity contribution in [1.29, 1.82) is 0 Å². The Morgan fingerprint density at radius 2 is 1.63 bits per heavy atom. The Balaban J connectivity index is 1.43. The summed E-state index contributed by atoms with van der Waals surface area (Å²) in [6.45, 7) is 1.59. The first-order chi connectivity index (χ1) is 12.9. The van der Waals surface area contributed by atoms with Crippen molar-refractivity contribution in [3.63, 3.8) is 0 Å². The van der Waals surface area contributed by atoms with Crippen molar-refractivity contribution in [2.45, 2.75) is 42.7 Å². The molecule has 2 aliphatic heterocycles. The van der Waals surface area contributed by atoms with Crippen LogP contribution >= 0.6 is 0 Å². The third-order valence-corrected chi connectivity index (χ3v) is 5.91. The Morgan fingerprint density at radius 1 is 0.963 bits per heavy atom. The molecule has 0 aromatic heterocycles. The highest BCUT2D eigenvalue weighted by atomic mass is 32.2. The number of hydrogen-bond acceptors (Lipinski definition) is 7. The molecule has 4 rings (SSSR count). The molecule has 2 aromatic rings. The summed E-state index contributed by atoms with van der Waals surface area (Å²) in [6, 6.07) is 15.7. The minimum Gasteiger partial charge on any atom is -0.366 e. The molecule has 0 saturated carbocycles. The summed E-state index contributed by atoms with van der Waals surface area (Å²) in [5, 5.41) is 10.1. The molecule has 1 N–H and O–H groups in total. The normalized spacial score (nSPS) is 30.4. The van der Waals surface area contributed by atoms with Crippen LogP contribution in [-0.4, -0.2) is 44.7 Å². The predicted molar refractivity (Wildman–Crippen MR) is 94.1 cm³/mol. The van der Waals surface area contributed by atoms with Crippen LogP contribution in [-0.2, 0) is 28.5 Å². The van der Waals surface area contributed by atoms with Gasteiger partial charge in [0.2, 0.25) is 0 Å². The van der Waals surface area contributed by atoms with Crippen molar-refractivity contribution in [2.75, 3.05) is 6.61 Å². The zero-order chi connectivity index (χ0) is 19.0. The molecule has 5 atom stereocenters. The van der Waals surface area contributed by atoms with Gasteiger partial charge < -0.3 is 19.3 Å². The van der Waals surface area contributed by atoms with Crippen molar-refractivity contribution in [3.05, 3.63) is 65.7 Å². The molecule has 2 fully saturated rings. The van der Waals surface area contributed by atoms with Gasteiger partial charge in [0.1, 0.15) is 18.3 Å². The average molecular weight is 392 g/mol. The zero-order valence-corrected chi connectivity index (χ0v) is 15.4. The number of benzene rings is 2. The van der Waals surface area contributed by atoms with Crippen LogP contribution < -0.4 is 0 Å². The summed E-state index contributed by atoms with van der Waals surface area (Å²) in [4.78, 5) is 0.0638. The summed E-state index contributed by atoms with van der Waals surface area (Å²) in [5.41, 5.74) is 1.76. The van der Waals surface area contributed by atoms with Gasteiger partial charge in [-0.2, -0.15) is 8.42 Å². The van der Waals surface area contributed by atoms with Gasteiger partial charge in [-0.3, -0.25) is 4.18 Å². The molecule has 7 nitrogen and oxygen atoms in total. The van der Waals surface area contributed by atoms with Gasteiger partial charge in [-0.1, -0.05) is 48.0 Å². The number of fused-ring (bicyclic) bond motifs is 1. The van der Waals surface area contributed by atoms with Crippen LogP contribution in [0, 0.1) is 6.92 Å². The molecule has 2 aliphatic rings. The molecule has 8 heteroatoms. The fourth-order valence-electron chi connectivity index (χ4n) is 3.17. The summed E-state index contributed by atoms with van der Waals surface area (Å²) >= 11 is 0. The molecule has 0 radical (unpaired) electrons. The molecular weight excluding hydrogens is 372 g/mol. The number of hydrogen-bond donors (Lipinski definition) is 1. The summed E-state index contributed by atoms with van der Waals surface area (Å²) in [7, 11) is -3.93. The molecule has 2 aromatic carbocycles. The van der Waals surface area contributed by atoms with Crippen molar-refractivity contribution < 1.29 is 31.9 Å². The maximum absolute atomic E-state index is 12.3. The van der Waals surface area contributed by atoms with Gasteiger partial charge in [0.05, 0.1) is 11.5 Å². The molecule has 144 valence electrons. The number of rotatable bonds is 5. The fraction of sp³-hybridized carbons (Fsp3) is 0.368. The van der Waals surface area contributed by atoms with Crippen LogP contribution in [0.15, 0.2) is 59.5 Å². The van der Waals surface area contributed by atoms with E-state index in [2.05, 4.69) is 0 Å². The van der Waals surface area contributed by atoms with Crippen molar-refractivity contribution in [1.82, 2.24) is 0 Å². The fourth-order valence-corrected chi connectivity index (χ4v) is 4.08. The number of aliphatic hydroxyl groups is 1. The molecular formula is C19H20O7S. The number of ether oxygens (including phenoxy) is 3. The van der Waals surface area contributed by atoms with E-state index in [-0.39, 0.29) is 11.5 Å². The Labute approximate surface area is 157 Å². The van der Waals surface area contributed by atoms with Crippen LogP contribution in [0.2, 0.25) is 0 Å². The van der Waals surface area contributed by atoms with E-state index in [9.17, 15) is 13.5 Å². The topological polar surface area (TPSA) is 91.3 Å². The van der Waals surface area contributed by atoms with Gasteiger partial charge >= 0.3 is 0 Å². The van der Waals surface area contributed by atoms with Crippen LogP contribution in [0.5, 0.6) is 0 Å². The van der Waals surface area contributed by atoms with E-state index in [4.69, 9.17) is 18.4 Å². The minimum atomic E-state index is -3.93. The third kappa shape index (κ3) is 3.77. The molecule has 2 saturated heterocycles. The lowest BCUT2D eigenvalue weighted by Crippen LogP contribution is -2.32. The quantitative estimate of drug-likeness (QED) is 0.777. The molecule has 2 heterocycles. The standard InChI is InChI=1S/C19H20O7S/c1-12-7-9-14(10-8-12)27(21,22)23-11-15-16-17(18(20)24-15)26-19(25-16)13-5-3-2-4-6-13/h2-10,15-20H,11H2,1H3/t15-,16-,17-,18?,19-/m1/s1. The summed E-state index contributed by atoms with van der Waals surface area (Å²) in [6.07, 6.45) is -3.95. The Morgan fingerprint density at radius 3 is 2.33 bits per heavy atom. The van der Waals surface area contributed by atoms with E-state index in [1.165, 1.54) is 12.1 Å². The maximum atomic E-state index is 12.3. The largest absolute Gasteiger partial charge is 0.366 e. The number of aliphatic hydroxyl groups excluding tert-OH is 1. The van der Waals surface area contributed by atoms with Crippen LogP contribution in [0.25, 0.3) is 0 Å². The van der Waals surface area contributed by atoms with Crippen molar-refractivity contribution in [2.24, 2.45) is 0 Å². The van der Waals surface area contributed by atoms with Gasteiger partial charge in [0, 0.05) is 5.56 Å². The first-order valence-electron chi connectivity index (χ1n) is 8.59. The Hall–Kier alpha value is -1.81. The average Bonchev–Trinajstić information content (AvgIpc) is 3.22. The second-order valence-electron chi connectivity index (χ2n) is 6.56. The highest BCUT2D eigenvalue weighted by Crippen LogP contribution is 2.39. The monoisotopic (exact) mass is 392 g/mol. The van der Waals surface area contributed by atoms with Crippen molar-refractivity contribution >= 4 is 10.1 Å². The van der Waals surface area contributed by atoms with E-state index in [1.54, 1.807) is 12.1 Å². The minimum absolute atomic E-state index is 0.0638. The van der Waals surface area contributed by atoms with E-state index in [0.717, 1.165) is 11.1 Å². The Kier molecular flexibility index (Phi) is 5.02. The first kappa shape index (κ1) is 18.5. The smallest absolute Gasteiger partial charge is 0.297 e. The van der Waals surface area contributed by atoms with E-state index < -0.39 is 41.0 Å². The van der Waals surface area contributed by atoms with Gasteiger partial charge in [0.25, 0.3) is 10.1 Å². The molecule has 0 aliphatic carbocycles. The summed E-state index contributed by atoms with van der Waals surface area (Å²) < 4.78 is 46.8. The maximum Gasteiger partial charge on any atom is 0.297 e. The molecule has 27 heavy (non-hydrogen) atoms. The lowest BCUT2D eigenvalue weighted by molar-refractivity contribution is -0.189. The highest BCUT2D eigenvalue weighted by Gasteiger charge is 2.52. The van der Waals surface area contributed by atoms with E-state index >= 15 is 0 Å². The van der Waals surface area contributed by atoms with Gasteiger partial charge in [-0.15, -0.1) is 0 Å². The van der Waals surface area contributed by atoms with Gasteiger partial charge in [-0.05, 0) is 19.1 Å². The van der Waals surface area contributed by atoms with Gasteiger partial charge in [0.15, 0.2) is 12.6 Å². The third-order valence-electron chi connectivity index (χ3n) is 4.62. The second kappa shape index (κ2) is 7.31. The number of aryl methyl sites for hydroxylation is 1. The second-order valence-corrected chi connectivity index (χ2v) is 8.18. The van der Waals surface area contributed by atoms with Crippen LogP contribution in [0.3, 0.4) is 0 Å². The van der Waals surface area contributed by atoms with E-state index in [0.29, 0.717) is 0 Å². The molecule has 0 amide bonds. The lowest BCUT2D eigenvalue weighted by Gasteiger charge is -2.18. The Bertz CT molecular complexity index is 882. The molecule has 1 unspecified atom stereocenters. The first-order valence-corrected chi connectivity index (χ1v) is 10.0. The van der Waals surface area contributed by atoms with E-state index in [1.807, 2.05) is 37.3 Å². The SMILES string of the molecule is Cc1ccc(S(=O)(=O)OC[C@H]2OC(O)[C@@H]3O[C@H](c4ccccc4)O[C@H]23)cc1. The highest BCUT2D eigenvalue weighted by molar-refractivity contribution is 7.86. The lowest BCUT2D eigenvalue weighted by atomic mass is 10.1. The summed E-state index contributed by atoms with van der Waals surface area (Å²) in [5.74, 6) is 0. The van der Waals surface area contributed by atoms with Crippen LogP contribution in [0.4, 0.5) is 0 Å². The molecule has 0 bridgehead atoms.